The number of allylic oxidation sites excluding steroid dienone is 1. The van der Waals surface area contributed by atoms with E-state index in [2.05, 4.69) is 15.6 Å². The molecule has 128 valence electrons. The van der Waals surface area contributed by atoms with Gasteiger partial charge in [0.05, 0.1) is 34.2 Å². The summed E-state index contributed by atoms with van der Waals surface area (Å²) >= 11 is 1.34. The average molecular weight is 357 g/mol. The molecule has 3 heterocycles. The van der Waals surface area contributed by atoms with Gasteiger partial charge in [0.15, 0.2) is 0 Å². The number of nitrogens with zero attached hydrogens (tertiary/aromatic N) is 1. The molecule has 2 aliphatic heterocycles. The summed E-state index contributed by atoms with van der Waals surface area (Å²) in [6.07, 6.45) is 6.76. The molecule has 2 amide bonds. The number of carbonyl (C=O) groups excluding carboxylic acids is 2. The van der Waals surface area contributed by atoms with E-state index in [4.69, 9.17) is 15.9 Å². The molecule has 25 heavy (non-hydrogen) atoms. The number of anilines is 1. The minimum atomic E-state index is -0.648. The second-order valence-electron chi connectivity index (χ2n) is 5.17. The second kappa shape index (κ2) is 6.91. The molecule has 3 rings (SSSR count). The summed E-state index contributed by atoms with van der Waals surface area (Å²) in [7, 11) is 1.61. The van der Waals surface area contributed by atoms with E-state index in [1.165, 1.54) is 24.0 Å². The predicted octanol–water partition coefficient (Wildman–Crippen LogP) is 1.09. The third-order valence-electron chi connectivity index (χ3n) is 3.47. The van der Waals surface area contributed by atoms with Crippen molar-refractivity contribution in [3.05, 3.63) is 57.4 Å². The van der Waals surface area contributed by atoms with Gasteiger partial charge in [0.2, 0.25) is 5.91 Å². The van der Waals surface area contributed by atoms with Crippen LogP contribution in [0.1, 0.15) is 16.1 Å². The van der Waals surface area contributed by atoms with Crippen LogP contribution in [0.4, 0.5) is 5.69 Å². The summed E-state index contributed by atoms with van der Waals surface area (Å²) in [6.45, 7) is 0.486. The maximum Gasteiger partial charge on any atom is 0.260 e. The number of nitrogens with one attached hydrogen (secondary N) is 3. The van der Waals surface area contributed by atoms with E-state index < -0.39 is 11.8 Å². The minimum Gasteiger partial charge on any atom is -0.381 e. The Morgan fingerprint density at radius 3 is 3.04 bits per heavy atom. The van der Waals surface area contributed by atoms with Crippen molar-refractivity contribution in [2.24, 2.45) is 5.73 Å². The summed E-state index contributed by atoms with van der Waals surface area (Å²) in [5.41, 5.74) is 6.16. The molecule has 2 aliphatic rings. The van der Waals surface area contributed by atoms with Crippen LogP contribution in [0.3, 0.4) is 0 Å². The number of carbonyl (C=O) groups is 2. The van der Waals surface area contributed by atoms with Crippen LogP contribution in [0.5, 0.6) is 0 Å². The largest absolute Gasteiger partial charge is 0.381 e. The van der Waals surface area contributed by atoms with Gasteiger partial charge < -0.3 is 21.1 Å². The predicted molar refractivity (Wildman–Crippen MR) is 95.1 cm³/mol. The highest BCUT2D eigenvalue weighted by molar-refractivity contribution is 8.07. The number of nitrogens with two attached hydrogens (primary N) is 1. The summed E-state index contributed by atoms with van der Waals surface area (Å²) < 4.78 is 4.95. The van der Waals surface area contributed by atoms with Crippen molar-refractivity contribution in [2.45, 2.75) is 0 Å². The van der Waals surface area contributed by atoms with Crippen LogP contribution in [-0.2, 0) is 9.53 Å². The van der Waals surface area contributed by atoms with Crippen LogP contribution in [0.2, 0.25) is 0 Å². The van der Waals surface area contributed by atoms with Crippen LogP contribution in [0, 0.1) is 5.41 Å². The highest BCUT2D eigenvalue weighted by atomic mass is 32.2. The lowest BCUT2D eigenvalue weighted by molar-refractivity contribution is -0.112. The van der Waals surface area contributed by atoms with Gasteiger partial charge in [-0.3, -0.25) is 20.0 Å². The quantitative estimate of drug-likeness (QED) is 0.597. The smallest absolute Gasteiger partial charge is 0.260 e. The van der Waals surface area contributed by atoms with Gasteiger partial charge in [-0.25, -0.2) is 0 Å². The zero-order valence-electron chi connectivity index (χ0n) is 13.3. The Hall–Kier alpha value is -2.91. The van der Waals surface area contributed by atoms with Crippen molar-refractivity contribution in [1.29, 1.82) is 5.41 Å². The van der Waals surface area contributed by atoms with Crippen LogP contribution < -0.4 is 16.4 Å². The van der Waals surface area contributed by atoms with Crippen molar-refractivity contribution in [1.82, 2.24) is 10.3 Å². The first-order valence-electron chi connectivity index (χ1n) is 7.26. The molecule has 0 aromatic carbocycles. The number of hydrogen-bond acceptors (Lipinski definition) is 7. The zero-order valence-corrected chi connectivity index (χ0v) is 14.1. The highest BCUT2D eigenvalue weighted by Gasteiger charge is 2.31. The highest BCUT2D eigenvalue weighted by Crippen LogP contribution is 2.35. The Labute approximate surface area is 147 Å². The number of rotatable bonds is 4. The number of aromatic nitrogens is 1. The third-order valence-corrected chi connectivity index (χ3v) is 4.49. The SMILES string of the molecule is COC/C=C/C1=CN/C(=C2\C(=N)c3ncc(C(N)=O)cc3NC2=O)S1. The van der Waals surface area contributed by atoms with Crippen LogP contribution in [-0.4, -0.2) is 36.2 Å². The number of thioether (sulfide) groups is 1. The van der Waals surface area contributed by atoms with Crippen molar-refractivity contribution >= 4 is 35.0 Å². The zero-order chi connectivity index (χ0) is 18.0. The maximum atomic E-state index is 12.4. The fraction of sp³-hybridized carbons (Fsp3) is 0.125. The van der Waals surface area contributed by atoms with Crippen molar-refractivity contribution in [3.63, 3.8) is 0 Å². The van der Waals surface area contributed by atoms with Gasteiger partial charge in [-0.05, 0) is 12.1 Å². The number of primary amides is 1. The molecule has 0 fully saturated rings. The molecule has 0 saturated heterocycles. The maximum absolute atomic E-state index is 12.4. The van der Waals surface area contributed by atoms with Crippen LogP contribution in [0.25, 0.3) is 0 Å². The molecule has 0 aliphatic carbocycles. The molecule has 0 saturated carbocycles. The number of ether oxygens (including phenoxy) is 1. The van der Waals surface area contributed by atoms with Gasteiger partial charge in [-0.15, -0.1) is 0 Å². The Morgan fingerprint density at radius 2 is 2.32 bits per heavy atom. The molecule has 1 aromatic heterocycles. The van der Waals surface area contributed by atoms with Crippen molar-refractivity contribution < 1.29 is 14.3 Å². The van der Waals surface area contributed by atoms with E-state index in [1.54, 1.807) is 13.3 Å². The third kappa shape index (κ3) is 3.32. The fourth-order valence-electron chi connectivity index (χ4n) is 2.31. The van der Waals surface area contributed by atoms with E-state index in [9.17, 15) is 9.59 Å². The lowest BCUT2D eigenvalue weighted by Gasteiger charge is -2.21. The number of methoxy groups -OCH3 is 1. The van der Waals surface area contributed by atoms with Crippen molar-refractivity contribution in [3.8, 4) is 0 Å². The van der Waals surface area contributed by atoms with Gasteiger partial charge in [-0.1, -0.05) is 17.8 Å². The molecule has 0 unspecified atom stereocenters. The Bertz CT molecular complexity index is 873. The Balaban J connectivity index is 1.89. The fourth-order valence-corrected chi connectivity index (χ4v) is 3.24. The Kier molecular flexibility index (Phi) is 4.68. The van der Waals surface area contributed by atoms with E-state index in [-0.39, 0.29) is 22.5 Å². The number of pyridine rings is 1. The topological polar surface area (TPSA) is 130 Å². The molecule has 8 nitrogen and oxygen atoms in total. The molecule has 0 spiro atoms. The summed E-state index contributed by atoms with van der Waals surface area (Å²) in [5, 5.41) is 14.5. The number of fused-ring (bicyclic) bond motifs is 1. The molecule has 0 atom stereocenters. The van der Waals surface area contributed by atoms with Gasteiger partial charge in [0.1, 0.15) is 5.69 Å². The van der Waals surface area contributed by atoms with Crippen LogP contribution in [0.15, 0.2) is 46.1 Å². The first-order chi connectivity index (χ1) is 12.0. The van der Waals surface area contributed by atoms with E-state index in [0.717, 1.165) is 4.91 Å². The molecule has 0 bridgehead atoms. The normalized spacial score (nSPS) is 19.5. The second-order valence-corrected chi connectivity index (χ2v) is 6.25. The first-order valence-corrected chi connectivity index (χ1v) is 8.07. The molecule has 9 heteroatoms. The van der Waals surface area contributed by atoms with E-state index in [1.807, 2.05) is 12.2 Å². The average Bonchev–Trinajstić information content (AvgIpc) is 3.03. The van der Waals surface area contributed by atoms with Gasteiger partial charge in [0.25, 0.3) is 5.91 Å². The van der Waals surface area contributed by atoms with Gasteiger partial charge >= 0.3 is 0 Å². The Morgan fingerprint density at radius 1 is 1.52 bits per heavy atom. The van der Waals surface area contributed by atoms with E-state index >= 15 is 0 Å². The van der Waals surface area contributed by atoms with Crippen LogP contribution >= 0.6 is 11.8 Å². The molecule has 1 aromatic rings. The summed E-state index contributed by atoms with van der Waals surface area (Å²) in [5.74, 6) is -1.09. The molecule has 0 radical (unpaired) electrons. The first kappa shape index (κ1) is 16.9. The lowest BCUT2D eigenvalue weighted by atomic mass is 10.0. The summed E-state index contributed by atoms with van der Waals surface area (Å²) in [4.78, 5) is 28.7. The van der Waals surface area contributed by atoms with E-state index in [0.29, 0.717) is 17.3 Å². The van der Waals surface area contributed by atoms with Gasteiger partial charge in [-0.2, -0.15) is 0 Å². The standard InChI is InChI=1S/C16H15N5O3S/c1-24-4-2-3-9-7-20-16(25-9)11-12(17)13-10(21-15(11)23)5-8(6-19-13)14(18)22/h2-3,5-7,17,20H,4H2,1H3,(H2,18,22)(H,21,23)/b3-2+,16-11-,17-12?. The number of hydrogen-bond donors (Lipinski definition) is 4. The summed E-state index contributed by atoms with van der Waals surface area (Å²) in [6, 6.07) is 1.42. The number of amides is 2. The molecular formula is C16H15N5O3S. The van der Waals surface area contributed by atoms with Crippen molar-refractivity contribution in [2.75, 3.05) is 19.0 Å². The monoisotopic (exact) mass is 357 g/mol. The molecular weight excluding hydrogens is 342 g/mol. The minimum absolute atomic E-state index is 0.0136. The lowest BCUT2D eigenvalue weighted by Crippen LogP contribution is -2.31. The van der Waals surface area contributed by atoms with Gasteiger partial charge in [0, 0.05) is 24.4 Å². The molecule has 5 N–H and O–H groups in total.